The predicted molar refractivity (Wildman–Crippen MR) is 52.1 cm³/mol. The Morgan fingerprint density at radius 3 is 2.93 bits per heavy atom. The Bertz CT molecular complexity index is 334. The zero-order valence-corrected chi connectivity index (χ0v) is 7.70. The zero-order chi connectivity index (χ0) is 10.4. The number of benzene rings is 1. The molecule has 0 fully saturated rings. The SMILES string of the molecule is C=CCCOc1c(F)cccc1C=O. The van der Waals surface area contributed by atoms with Gasteiger partial charge in [0.1, 0.15) is 0 Å². The number of para-hydroxylation sites is 1. The highest BCUT2D eigenvalue weighted by molar-refractivity contribution is 5.79. The van der Waals surface area contributed by atoms with E-state index in [9.17, 15) is 9.18 Å². The first-order valence-electron chi connectivity index (χ1n) is 4.27. The average Bonchev–Trinajstić information content (AvgIpc) is 2.20. The normalized spacial score (nSPS) is 9.50. The molecule has 0 N–H and O–H groups in total. The number of hydrogen-bond acceptors (Lipinski definition) is 2. The summed E-state index contributed by atoms with van der Waals surface area (Å²) in [7, 11) is 0. The molecule has 1 rings (SSSR count). The standard InChI is InChI=1S/C11H11FO2/c1-2-3-7-14-11-9(8-13)5-4-6-10(11)12/h2,4-6,8H,1,3,7H2. The van der Waals surface area contributed by atoms with E-state index >= 15 is 0 Å². The molecule has 0 unspecified atom stereocenters. The van der Waals surface area contributed by atoms with E-state index in [-0.39, 0.29) is 11.3 Å². The van der Waals surface area contributed by atoms with E-state index in [1.165, 1.54) is 18.2 Å². The Kier molecular flexibility index (Phi) is 3.85. The van der Waals surface area contributed by atoms with Gasteiger partial charge in [0.25, 0.3) is 0 Å². The summed E-state index contributed by atoms with van der Waals surface area (Å²) in [6, 6.07) is 4.25. The molecule has 0 aliphatic heterocycles. The highest BCUT2D eigenvalue weighted by Gasteiger charge is 2.07. The Morgan fingerprint density at radius 2 is 2.29 bits per heavy atom. The van der Waals surface area contributed by atoms with Gasteiger partial charge >= 0.3 is 0 Å². The minimum atomic E-state index is -0.515. The van der Waals surface area contributed by atoms with Crippen molar-refractivity contribution < 1.29 is 13.9 Å². The minimum Gasteiger partial charge on any atom is -0.489 e. The van der Waals surface area contributed by atoms with Crippen molar-refractivity contribution in [3.05, 3.63) is 42.2 Å². The lowest BCUT2D eigenvalue weighted by Gasteiger charge is -2.07. The van der Waals surface area contributed by atoms with Gasteiger partial charge in [-0.05, 0) is 18.6 Å². The summed E-state index contributed by atoms with van der Waals surface area (Å²) < 4.78 is 18.3. The van der Waals surface area contributed by atoms with Crippen molar-refractivity contribution in [2.75, 3.05) is 6.61 Å². The Hall–Kier alpha value is -1.64. The van der Waals surface area contributed by atoms with E-state index in [4.69, 9.17) is 4.74 Å². The first kappa shape index (κ1) is 10.4. The molecule has 0 aliphatic rings. The quantitative estimate of drug-likeness (QED) is 0.409. The van der Waals surface area contributed by atoms with Crippen molar-refractivity contribution in [3.63, 3.8) is 0 Å². The molecule has 0 aromatic heterocycles. The van der Waals surface area contributed by atoms with Gasteiger partial charge in [0.05, 0.1) is 12.2 Å². The van der Waals surface area contributed by atoms with Crippen molar-refractivity contribution >= 4 is 6.29 Å². The van der Waals surface area contributed by atoms with E-state index in [1.54, 1.807) is 6.08 Å². The van der Waals surface area contributed by atoms with Gasteiger partial charge in [0.2, 0.25) is 0 Å². The lowest BCUT2D eigenvalue weighted by molar-refractivity contribution is 0.111. The molecule has 0 saturated carbocycles. The van der Waals surface area contributed by atoms with Crippen LogP contribution < -0.4 is 4.74 Å². The first-order chi connectivity index (χ1) is 6.79. The molecule has 0 amide bonds. The molecule has 2 nitrogen and oxygen atoms in total. The zero-order valence-electron chi connectivity index (χ0n) is 7.70. The fraction of sp³-hybridized carbons (Fsp3) is 0.182. The van der Waals surface area contributed by atoms with E-state index in [0.717, 1.165) is 0 Å². The Balaban J connectivity index is 2.81. The highest BCUT2D eigenvalue weighted by Crippen LogP contribution is 2.20. The second-order valence-electron chi connectivity index (χ2n) is 2.70. The molecule has 0 spiro atoms. The molecule has 1 aromatic rings. The van der Waals surface area contributed by atoms with E-state index in [0.29, 0.717) is 19.3 Å². The van der Waals surface area contributed by atoms with Crippen LogP contribution in [0.1, 0.15) is 16.8 Å². The summed E-state index contributed by atoms with van der Waals surface area (Å²) in [5, 5.41) is 0. The second-order valence-corrected chi connectivity index (χ2v) is 2.70. The van der Waals surface area contributed by atoms with Crippen molar-refractivity contribution in [2.45, 2.75) is 6.42 Å². The molecule has 0 bridgehead atoms. The third kappa shape index (κ3) is 2.42. The van der Waals surface area contributed by atoms with Crippen LogP contribution in [0.5, 0.6) is 5.75 Å². The maximum absolute atomic E-state index is 13.2. The Labute approximate surface area is 82.0 Å². The summed E-state index contributed by atoms with van der Waals surface area (Å²) in [5.41, 5.74) is 0.231. The van der Waals surface area contributed by atoms with Crippen molar-refractivity contribution in [2.24, 2.45) is 0 Å². The van der Waals surface area contributed by atoms with Gasteiger partial charge in [0.15, 0.2) is 17.9 Å². The predicted octanol–water partition coefficient (Wildman–Crippen LogP) is 2.59. The van der Waals surface area contributed by atoms with Gasteiger partial charge in [-0.3, -0.25) is 4.79 Å². The third-order valence-corrected chi connectivity index (χ3v) is 1.69. The van der Waals surface area contributed by atoms with Gasteiger partial charge in [0, 0.05) is 0 Å². The molecule has 0 atom stereocenters. The number of rotatable bonds is 5. The molecule has 0 saturated heterocycles. The fourth-order valence-corrected chi connectivity index (χ4v) is 1.01. The number of aldehydes is 1. The molecule has 74 valence electrons. The van der Waals surface area contributed by atoms with Crippen molar-refractivity contribution in [1.82, 2.24) is 0 Å². The summed E-state index contributed by atoms with van der Waals surface area (Å²) in [6.45, 7) is 3.84. The summed E-state index contributed by atoms with van der Waals surface area (Å²) >= 11 is 0. The van der Waals surface area contributed by atoms with Gasteiger partial charge < -0.3 is 4.74 Å². The second kappa shape index (κ2) is 5.17. The number of carbonyl (C=O) groups excluding carboxylic acids is 1. The van der Waals surface area contributed by atoms with Crippen LogP contribution in [0, 0.1) is 5.82 Å². The van der Waals surface area contributed by atoms with Gasteiger partial charge in [-0.2, -0.15) is 0 Å². The topological polar surface area (TPSA) is 26.3 Å². The lowest BCUT2D eigenvalue weighted by Crippen LogP contribution is -2.01. The van der Waals surface area contributed by atoms with Gasteiger partial charge in [-0.1, -0.05) is 12.1 Å². The van der Waals surface area contributed by atoms with Crippen molar-refractivity contribution in [1.29, 1.82) is 0 Å². The number of ether oxygens (including phenoxy) is 1. The molecule has 1 aromatic carbocycles. The number of halogens is 1. The monoisotopic (exact) mass is 194 g/mol. The van der Waals surface area contributed by atoms with Gasteiger partial charge in [-0.25, -0.2) is 4.39 Å². The number of carbonyl (C=O) groups is 1. The third-order valence-electron chi connectivity index (χ3n) is 1.69. The average molecular weight is 194 g/mol. The highest BCUT2D eigenvalue weighted by atomic mass is 19.1. The maximum atomic E-state index is 13.2. The maximum Gasteiger partial charge on any atom is 0.165 e. The molecule has 0 radical (unpaired) electrons. The fourth-order valence-electron chi connectivity index (χ4n) is 1.01. The van der Waals surface area contributed by atoms with E-state index < -0.39 is 5.82 Å². The Morgan fingerprint density at radius 1 is 1.50 bits per heavy atom. The first-order valence-corrected chi connectivity index (χ1v) is 4.27. The molecular weight excluding hydrogens is 183 g/mol. The summed E-state index contributed by atoms with van der Waals surface area (Å²) in [4.78, 5) is 10.5. The van der Waals surface area contributed by atoms with Crippen LogP contribution in [0.2, 0.25) is 0 Å². The summed E-state index contributed by atoms with van der Waals surface area (Å²) in [6.07, 6.45) is 2.86. The van der Waals surface area contributed by atoms with Crippen LogP contribution in [-0.2, 0) is 0 Å². The van der Waals surface area contributed by atoms with E-state index in [1.807, 2.05) is 0 Å². The molecule has 14 heavy (non-hydrogen) atoms. The largest absolute Gasteiger partial charge is 0.489 e. The smallest absolute Gasteiger partial charge is 0.165 e. The van der Waals surface area contributed by atoms with Crippen LogP contribution in [0.3, 0.4) is 0 Å². The van der Waals surface area contributed by atoms with Crippen LogP contribution in [-0.4, -0.2) is 12.9 Å². The van der Waals surface area contributed by atoms with Gasteiger partial charge in [-0.15, -0.1) is 6.58 Å². The minimum absolute atomic E-state index is 0.0179. The molecular formula is C11H11FO2. The molecule has 3 heteroatoms. The van der Waals surface area contributed by atoms with Crippen LogP contribution in [0.25, 0.3) is 0 Å². The molecule has 0 heterocycles. The number of hydrogen-bond donors (Lipinski definition) is 0. The summed E-state index contributed by atoms with van der Waals surface area (Å²) in [5.74, 6) is -0.497. The molecule has 0 aliphatic carbocycles. The van der Waals surface area contributed by atoms with Crippen LogP contribution in [0.15, 0.2) is 30.9 Å². The van der Waals surface area contributed by atoms with E-state index in [2.05, 4.69) is 6.58 Å². The van der Waals surface area contributed by atoms with Crippen LogP contribution in [0.4, 0.5) is 4.39 Å². The van der Waals surface area contributed by atoms with Crippen LogP contribution >= 0.6 is 0 Å². The lowest BCUT2D eigenvalue weighted by atomic mass is 10.2. The van der Waals surface area contributed by atoms with Crippen molar-refractivity contribution in [3.8, 4) is 5.75 Å².